The van der Waals surface area contributed by atoms with E-state index in [2.05, 4.69) is 0 Å². The molecular weight excluding hydrogens is 180 g/mol. The van der Waals surface area contributed by atoms with Crippen LogP contribution in [-0.2, 0) is 4.74 Å². The Morgan fingerprint density at radius 2 is 1.64 bits per heavy atom. The maximum atomic E-state index is 9.58. The Morgan fingerprint density at radius 1 is 1.14 bits per heavy atom. The molecule has 0 amide bonds. The number of hydrogen-bond donors (Lipinski definition) is 1. The average Bonchev–Trinajstić information content (AvgIpc) is 2.14. The molecule has 4 heteroatoms. The Bertz CT molecular complexity index is 153. The second kappa shape index (κ2) is 6.35. The molecule has 0 heterocycles. The van der Waals surface area contributed by atoms with Gasteiger partial charge in [-0.1, -0.05) is 6.92 Å². The minimum atomic E-state index is -0.431. The van der Waals surface area contributed by atoms with Crippen molar-refractivity contribution in [3.8, 4) is 0 Å². The molecule has 0 radical (unpaired) electrons. The van der Waals surface area contributed by atoms with E-state index in [1.807, 2.05) is 51.7 Å². The molecule has 0 bridgehead atoms. The van der Waals surface area contributed by atoms with E-state index in [0.29, 0.717) is 6.42 Å². The highest BCUT2D eigenvalue weighted by molar-refractivity contribution is 4.58. The summed E-state index contributed by atoms with van der Waals surface area (Å²) < 4.78 is 5.69. The van der Waals surface area contributed by atoms with Crippen LogP contribution in [0.15, 0.2) is 0 Å². The smallest absolute Gasteiger partial charge is 0.111 e. The highest BCUT2D eigenvalue weighted by Crippen LogP contribution is 2.08. The van der Waals surface area contributed by atoms with Gasteiger partial charge in [-0.15, -0.1) is 0 Å². The molecule has 4 nitrogen and oxygen atoms in total. The summed E-state index contributed by atoms with van der Waals surface area (Å²) in [6, 6.07) is 0. The van der Waals surface area contributed by atoms with Gasteiger partial charge in [0.1, 0.15) is 18.7 Å². The van der Waals surface area contributed by atoms with Crippen molar-refractivity contribution in [1.82, 2.24) is 9.80 Å². The van der Waals surface area contributed by atoms with E-state index in [1.54, 1.807) is 0 Å². The molecule has 3 unspecified atom stereocenters. The van der Waals surface area contributed by atoms with Gasteiger partial charge in [-0.3, -0.25) is 9.80 Å². The summed E-state index contributed by atoms with van der Waals surface area (Å²) >= 11 is 0. The Kier molecular flexibility index (Phi) is 6.27. The molecule has 0 fully saturated rings. The summed E-state index contributed by atoms with van der Waals surface area (Å²) in [5, 5.41) is 9.58. The number of nitrogens with zero attached hydrogens (tertiary/aromatic N) is 2. The normalized spacial score (nSPS) is 18.6. The third-order valence-corrected chi connectivity index (χ3v) is 2.53. The zero-order valence-electron chi connectivity index (χ0n) is 10.2. The monoisotopic (exact) mass is 204 g/mol. The third-order valence-electron chi connectivity index (χ3n) is 2.53. The first-order chi connectivity index (χ1) is 6.40. The topological polar surface area (TPSA) is 35.9 Å². The van der Waals surface area contributed by atoms with Gasteiger partial charge in [0.15, 0.2) is 0 Å². The van der Waals surface area contributed by atoms with Gasteiger partial charge in [-0.05, 0) is 41.4 Å². The van der Waals surface area contributed by atoms with Gasteiger partial charge < -0.3 is 9.84 Å². The lowest BCUT2D eigenvalue weighted by molar-refractivity contribution is -0.160. The maximum Gasteiger partial charge on any atom is 0.111 e. The van der Waals surface area contributed by atoms with E-state index in [-0.39, 0.29) is 12.5 Å². The summed E-state index contributed by atoms with van der Waals surface area (Å²) in [4.78, 5) is 3.81. The van der Waals surface area contributed by atoms with Crippen LogP contribution in [0.4, 0.5) is 0 Å². The lowest BCUT2D eigenvalue weighted by Crippen LogP contribution is -2.43. The van der Waals surface area contributed by atoms with E-state index in [0.717, 1.165) is 0 Å². The number of rotatable bonds is 6. The molecular formula is C10H24N2O2. The summed E-state index contributed by atoms with van der Waals surface area (Å²) in [6.45, 7) is 5.88. The van der Waals surface area contributed by atoms with Gasteiger partial charge >= 0.3 is 0 Å². The van der Waals surface area contributed by atoms with Crippen LogP contribution in [0.25, 0.3) is 0 Å². The first-order valence-electron chi connectivity index (χ1n) is 5.12. The lowest BCUT2D eigenvalue weighted by Gasteiger charge is -2.32. The Morgan fingerprint density at radius 3 is 2.00 bits per heavy atom. The molecule has 86 valence electrons. The van der Waals surface area contributed by atoms with Gasteiger partial charge in [0, 0.05) is 0 Å². The van der Waals surface area contributed by atoms with Crippen LogP contribution in [0.3, 0.4) is 0 Å². The molecule has 0 aliphatic rings. The Balaban J connectivity index is 4.00. The fourth-order valence-corrected chi connectivity index (χ4v) is 1.03. The molecule has 0 aliphatic heterocycles. The quantitative estimate of drug-likeness (QED) is 0.653. The molecule has 1 N–H and O–H groups in total. The second-order valence-corrected chi connectivity index (χ2v) is 3.85. The van der Waals surface area contributed by atoms with Crippen molar-refractivity contribution >= 4 is 0 Å². The van der Waals surface area contributed by atoms with Crippen LogP contribution in [-0.4, -0.2) is 54.7 Å². The highest BCUT2D eigenvalue weighted by Gasteiger charge is 2.18. The Hall–Kier alpha value is -0.160. The standard InChI is InChI=1S/C10H24N2O2/c1-7-10(13)12(6)9(3)14-8(2)11(4)5/h8-10,13H,7H2,1-6H3. The van der Waals surface area contributed by atoms with Crippen LogP contribution >= 0.6 is 0 Å². The predicted molar refractivity (Wildman–Crippen MR) is 57.8 cm³/mol. The summed E-state index contributed by atoms with van der Waals surface area (Å²) in [6.07, 6.45) is 0.249. The van der Waals surface area contributed by atoms with Gasteiger partial charge in [-0.25, -0.2) is 0 Å². The largest absolute Gasteiger partial charge is 0.378 e. The van der Waals surface area contributed by atoms with E-state index in [9.17, 15) is 5.11 Å². The third kappa shape index (κ3) is 4.37. The van der Waals surface area contributed by atoms with Crippen LogP contribution in [0.2, 0.25) is 0 Å². The van der Waals surface area contributed by atoms with Crippen molar-refractivity contribution in [3.63, 3.8) is 0 Å². The Labute approximate surface area is 87.5 Å². The average molecular weight is 204 g/mol. The van der Waals surface area contributed by atoms with Crippen molar-refractivity contribution in [2.45, 2.75) is 45.9 Å². The van der Waals surface area contributed by atoms with Crippen LogP contribution in [0, 0.1) is 0 Å². The van der Waals surface area contributed by atoms with E-state index in [1.165, 1.54) is 0 Å². The number of ether oxygens (including phenoxy) is 1. The molecule has 3 atom stereocenters. The predicted octanol–water partition coefficient (Wildman–Crippen LogP) is 0.917. The molecule has 0 saturated carbocycles. The second-order valence-electron chi connectivity index (χ2n) is 3.85. The fourth-order valence-electron chi connectivity index (χ4n) is 1.03. The fraction of sp³-hybridized carbons (Fsp3) is 1.00. The van der Waals surface area contributed by atoms with Gasteiger partial charge in [-0.2, -0.15) is 0 Å². The van der Waals surface area contributed by atoms with Crippen molar-refractivity contribution in [2.24, 2.45) is 0 Å². The van der Waals surface area contributed by atoms with E-state index in [4.69, 9.17) is 4.74 Å². The molecule has 0 spiro atoms. The van der Waals surface area contributed by atoms with Crippen molar-refractivity contribution in [3.05, 3.63) is 0 Å². The van der Waals surface area contributed by atoms with Gasteiger partial charge in [0.05, 0.1) is 0 Å². The van der Waals surface area contributed by atoms with Crippen molar-refractivity contribution in [1.29, 1.82) is 0 Å². The summed E-state index contributed by atoms with van der Waals surface area (Å²) in [7, 11) is 5.79. The molecule has 0 aliphatic carbocycles. The summed E-state index contributed by atoms with van der Waals surface area (Å²) in [5.74, 6) is 0. The molecule has 14 heavy (non-hydrogen) atoms. The number of aliphatic hydroxyl groups is 1. The first kappa shape index (κ1) is 13.8. The highest BCUT2D eigenvalue weighted by atomic mass is 16.5. The first-order valence-corrected chi connectivity index (χ1v) is 5.12. The molecule has 0 saturated heterocycles. The van der Waals surface area contributed by atoms with Crippen molar-refractivity contribution < 1.29 is 9.84 Å². The van der Waals surface area contributed by atoms with Crippen LogP contribution in [0.5, 0.6) is 0 Å². The summed E-state index contributed by atoms with van der Waals surface area (Å²) in [5.41, 5.74) is 0. The zero-order valence-corrected chi connectivity index (χ0v) is 10.2. The molecule has 0 aromatic carbocycles. The van der Waals surface area contributed by atoms with Crippen molar-refractivity contribution in [2.75, 3.05) is 21.1 Å². The van der Waals surface area contributed by atoms with Gasteiger partial charge in [0.2, 0.25) is 0 Å². The van der Waals surface area contributed by atoms with E-state index < -0.39 is 6.23 Å². The van der Waals surface area contributed by atoms with E-state index >= 15 is 0 Å². The molecule has 0 aromatic rings. The number of hydrogen-bond acceptors (Lipinski definition) is 4. The minimum absolute atomic E-state index is 0.0523. The SMILES string of the molecule is CCC(O)N(C)C(C)OC(C)N(C)C. The van der Waals surface area contributed by atoms with Crippen LogP contribution < -0.4 is 0 Å². The van der Waals surface area contributed by atoms with Crippen LogP contribution in [0.1, 0.15) is 27.2 Å². The molecule has 0 aromatic heterocycles. The number of aliphatic hydroxyl groups excluding tert-OH is 1. The lowest BCUT2D eigenvalue weighted by atomic mass is 10.3. The molecule has 0 rings (SSSR count). The maximum absolute atomic E-state index is 9.58. The zero-order chi connectivity index (χ0) is 11.3. The minimum Gasteiger partial charge on any atom is -0.378 e. The van der Waals surface area contributed by atoms with Gasteiger partial charge in [0.25, 0.3) is 0 Å².